The monoisotopic (exact) mass is 452 g/mol. The van der Waals surface area contributed by atoms with Crippen LogP contribution in [0.1, 0.15) is 13.8 Å². The fourth-order valence-corrected chi connectivity index (χ4v) is 16.3. The van der Waals surface area contributed by atoms with E-state index in [1.807, 2.05) is 0 Å². The van der Waals surface area contributed by atoms with Gasteiger partial charge in [0, 0.05) is 0 Å². The second-order valence-corrected chi connectivity index (χ2v) is 15.4. The Kier molecular flexibility index (Phi) is 9.72. The van der Waals surface area contributed by atoms with Crippen LogP contribution in [0.2, 0.25) is 8.45 Å². The van der Waals surface area contributed by atoms with Crippen molar-refractivity contribution in [2.75, 3.05) is 39.9 Å². The van der Waals surface area contributed by atoms with Crippen LogP contribution in [-0.4, -0.2) is 39.9 Å². The van der Waals surface area contributed by atoms with E-state index in [-0.39, 0.29) is 0 Å². The Bertz CT molecular complexity index is 546. The fraction of sp³-hybridized carbons (Fsp3) is 0.556. The van der Waals surface area contributed by atoms with E-state index in [9.17, 15) is 0 Å². The van der Waals surface area contributed by atoms with E-state index in [1.54, 1.807) is 10.6 Å². The van der Waals surface area contributed by atoms with E-state index >= 15 is 0 Å². The molecule has 140 valence electrons. The van der Waals surface area contributed by atoms with Gasteiger partial charge in [0.05, 0.1) is 0 Å². The van der Waals surface area contributed by atoms with Crippen molar-refractivity contribution >= 4 is 34.3 Å². The predicted molar refractivity (Wildman–Crippen MR) is 120 cm³/mol. The van der Waals surface area contributed by atoms with E-state index < -0.39 is 17.4 Å². The molecule has 0 radical (unpaired) electrons. The van der Waals surface area contributed by atoms with E-state index in [4.69, 9.17) is 6.64 Å². The first-order valence-electron chi connectivity index (χ1n) is 8.95. The van der Waals surface area contributed by atoms with Crippen molar-refractivity contribution in [2.45, 2.75) is 22.3 Å². The van der Waals surface area contributed by atoms with Gasteiger partial charge in [0.15, 0.2) is 0 Å². The Morgan fingerprint density at radius 3 is 1.44 bits per heavy atom. The summed E-state index contributed by atoms with van der Waals surface area (Å²) in [6, 6.07) is 0. The average molecular weight is 452 g/mol. The summed E-state index contributed by atoms with van der Waals surface area (Å²) in [5.41, 5.74) is 0. The summed E-state index contributed by atoms with van der Waals surface area (Å²) >= 11 is -3.14. The molecule has 0 aliphatic heterocycles. The number of rotatable bonds is 10. The molecule has 0 aromatic rings. The summed E-state index contributed by atoms with van der Waals surface area (Å²) in [7, 11) is 3.36. The zero-order valence-electron chi connectivity index (χ0n) is 16.2. The topological polar surface area (TPSA) is 18.5 Å². The van der Waals surface area contributed by atoms with Crippen LogP contribution < -0.4 is 0 Å². The Morgan fingerprint density at radius 2 is 1.16 bits per heavy atom. The van der Waals surface area contributed by atoms with Gasteiger partial charge in [-0.25, -0.2) is 0 Å². The molecule has 0 amide bonds. The van der Waals surface area contributed by atoms with Gasteiger partial charge < -0.3 is 0 Å². The molecule has 0 aromatic carbocycles. The third kappa shape index (κ3) is 4.84. The second-order valence-electron chi connectivity index (χ2n) is 5.99. The van der Waals surface area contributed by atoms with Crippen molar-refractivity contribution in [3.05, 3.63) is 45.6 Å². The number of allylic oxidation sites excluding steroid dienone is 8. The fourth-order valence-electron chi connectivity index (χ4n) is 3.63. The van der Waals surface area contributed by atoms with Crippen LogP contribution in [0.3, 0.4) is 0 Å². The van der Waals surface area contributed by atoms with Gasteiger partial charge in [-0.1, -0.05) is 0 Å². The van der Waals surface area contributed by atoms with Gasteiger partial charge in [-0.05, 0) is 0 Å². The molecule has 2 aliphatic carbocycles. The Hall–Kier alpha value is 1.31. The summed E-state index contributed by atoms with van der Waals surface area (Å²) in [5, 5.41) is 6.11. The van der Waals surface area contributed by atoms with Crippen LogP contribution in [0, 0.1) is 0 Å². The SMILES string of the molecule is CC[O][Ti]([O]CC)([CH]1C=C(PC)C=C1PC)[CH]1C=C(PC)C=C1PC. The molecule has 0 saturated carbocycles. The minimum absolute atomic E-state index is 0.409. The maximum absolute atomic E-state index is 6.70. The molecule has 2 nitrogen and oxygen atoms in total. The second kappa shape index (κ2) is 10.7. The molecule has 0 fully saturated rings. The van der Waals surface area contributed by atoms with Crippen LogP contribution in [0.25, 0.3) is 0 Å². The quantitative estimate of drug-likeness (QED) is 0.282. The Balaban J connectivity index is 2.55. The first-order valence-corrected chi connectivity index (χ1v) is 18.0. The Morgan fingerprint density at radius 1 is 0.760 bits per heavy atom. The summed E-state index contributed by atoms with van der Waals surface area (Å²) in [4.78, 5) is 0. The standard InChI is InChI=1S/2C7H11P2.2C2H5O.Ti/c2*1-8-6-3-4-7(5-6)9-2;2*1-2-3;/h2*3-5,8-9H,1-2H3;2*2H2,1H3;/q;;2*-1;+2. The van der Waals surface area contributed by atoms with Gasteiger partial charge in [0.25, 0.3) is 0 Å². The molecule has 6 atom stereocenters. The molecular formula is C18H32O2P4Ti. The van der Waals surface area contributed by atoms with Crippen LogP contribution in [0.4, 0.5) is 0 Å². The van der Waals surface area contributed by atoms with Crippen molar-refractivity contribution in [3.8, 4) is 0 Å². The normalized spacial score (nSPS) is 25.4. The molecule has 25 heavy (non-hydrogen) atoms. The van der Waals surface area contributed by atoms with Crippen LogP contribution >= 0.6 is 34.3 Å². The van der Waals surface area contributed by atoms with Crippen molar-refractivity contribution in [3.63, 3.8) is 0 Å². The molecule has 6 unspecified atom stereocenters. The zero-order chi connectivity index (χ0) is 18.4. The van der Waals surface area contributed by atoms with E-state index in [2.05, 4.69) is 64.8 Å². The molecule has 0 N–H and O–H groups in total. The zero-order valence-corrected chi connectivity index (χ0v) is 21.8. The van der Waals surface area contributed by atoms with Gasteiger partial charge in [-0.2, -0.15) is 0 Å². The van der Waals surface area contributed by atoms with Crippen LogP contribution in [0.5, 0.6) is 0 Å². The van der Waals surface area contributed by atoms with Crippen molar-refractivity contribution in [1.82, 2.24) is 0 Å². The van der Waals surface area contributed by atoms with Gasteiger partial charge >= 0.3 is 166 Å². The minimum atomic E-state index is -3.14. The third-order valence-corrected chi connectivity index (χ3v) is 16.0. The first-order chi connectivity index (χ1) is 12.1. The number of hydrogen-bond acceptors (Lipinski definition) is 2. The van der Waals surface area contributed by atoms with Gasteiger partial charge in [0.2, 0.25) is 0 Å². The molecule has 2 rings (SSSR count). The third-order valence-electron chi connectivity index (χ3n) is 4.75. The van der Waals surface area contributed by atoms with Crippen molar-refractivity contribution < 1.29 is 24.0 Å². The summed E-state index contributed by atoms with van der Waals surface area (Å²) in [5.74, 6) is 0. The first kappa shape index (κ1) is 22.6. The molecular weight excluding hydrogens is 420 g/mol. The molecule has 0 bridgehead atoms. The van der Waals surface area contributed by atoms with Crippen LogP contribution in [-0.2, 0) is 24.0 Å². The number of hydrogen-bond donors (Lipinski definition) is 0. The molecule has 2 aliphatic rings. The van der Waals surface area contributed by atoms with E-state index in [1.165, 1.54) is 10.6 Å². The van der Waals surface area contributed by atoms with Crippen molar-refractivity contribution in [2.24, 2.45) is 0 Å². The van der Waals surface area contributed by atoms with E-state index in [0.717, 1.165) is 47.5 Å². The molecule has 0 aromatic heterocycles. The van der Waals surface area contributed by atoms with Gasteiger partial charge in [0.1, 0.15) is 0 Å². The van der Waals surface area contributed by atoms with E-state index in [0.29, 0.717) is 8.45 Å². The van der Waals surface area contributed by atoms with Gasteiger partial charge in [-0.3, -0.25) is 0 Å². The maximum atomic E-state index is 6.70. The average Bonchev–Trinajstić information content (AvgIpc) is 3.25. The summed E-state index contributed by atoms with van der Waals surface area (Å²) in [6.45, 7) is 14.9. The molecule has 0 spiro atoms. The predicted octanol–water partition coefficient (Wildman–Crippen LogP) is 6.42. The van der Waals surface area contributed by atoms with Crippen molar-refractivity contribution in [1.29, 1.82) is 0 Å². The summed E-state index contributed by atoms with van der Waals surface area (Å²) in [6.07, 6.45) is 9.90. The Labute approximate surface area is 165 Å². The molecule has 0 heterocycles. The molecule has 0 saturated heterocycles. The molecule has 7 heteroatoms. The van der Waals surface area contributed by atoms with Crippen LogP contribution in [0.15, 0.2) is 45.6 Å². The summed E-state index contributed by atoms with van der Waals surface area (Å²) < 4.78 is 14.2. The van der Waals surface area contributed by atoms with Gasteiger partial charge in [-0.15, -0.1) is 0 Å².